The Bertz CT molecular complexity index is 425. The van der Waals surface area contributed by atoms with Crippen LogP contribution in [0.15, 0.2) is 30.3 Å². The maximum Gasteiger partial charge on any atom is 0.134 e. The van der Waals surface area contributed by atoms with E-state index >= 15 is 0 Å². The minimum atomic E-state index is -0.852. The molecule has 0 saturated heterocycles. The summed E-state index contributed by atoms with van der Waals surface area (Å²) in [6, 6.07) is 9.59. The number of para-hydroxylation sites is 1. The zero-order chi connectivity index (χ0) is 17.2. The van der Waals surface area contributed by atoms with Gasteiger partial charge >= 0.3 is 0 Å². The van der Waals surface area contributed by atoms with Gasteiger partial charge in [0.15, 0.2) is 0 Å². The fourth-order valence-corrected chi connectivity index (χ4v) is 4.37. The maximum atomic E-state index is 14.5. The first kappa shape index (κ1) is 19.3. The van der Waals surface area contributed by atoms with Gasteiger partial charge in [-0.3, -0.25) is 0 Å². The zero-order valence-electron chi connectivity index (χ0n) is 15.6. The summed E-state index contributed by atoms with van der Waals surface area (Å²) in [5.41, 5.74) is 0. The summed E-state index contributed by atoms with van der Waals surface area (Å²) in [6.45, 7) is 4.70. The van der Waals surface area contributed by atoms with E-state index in [0.29, 0.717) is 12.3 Å². The van der Waals surface area contributed by atoms with Gasteiger partial charge in [0.1, 0.15) is 18.5 Å². The minimum Gasteiger partial charge on any atom is -0.491 e. The Morgan fingerprint density at radius 2 is 1.75 bits per heavy atom. The highest BCUT2D eigenvalue weighted by atomic mass is 19.1. The van der Waals surface area contributed by atoms with Crippen molar-refractivity contribution in [2.45, 2.75) is 77.8 Å². The summed E-state index contributed by atoms with van der Waals surface area (Å²) in [7, 11) is 0. The van der Waals surface area contributed by atoms with Crippen LogP contribution in [0.1, 0.15) is 71.6 Å². The Morgan fingerprint density at radius 1 is 1.04 bits per heavy atom. The molecule has 0 bridgehead atoms. The summed E-state index contributed by atoms with van der Waals surface area (Å²) in [6.07, 6.45) is 10.1. The number of alkyl halides is 1. The molecule has 2 rings (SSSR count). The molecule has 2 heteroatoms. The zero-order valence-corrected chi connectivity index (χ0v) is 15.6. The van der Waals surface area contributed by atoms with Crippen LogP contribution in [0.5, 0.6) is 5.75 Å². The van der Waals surface area contributed by atoms with E-state index in [1.54, 1.807) is 0 Å². The third kappa shape index (κ3) is 6.45. The number of rotatable bonds is 10. The van der Waals surface area contributed by atoms with E-state index in [1.807, 2.05) is 30.3 Å². The molecule has 1 aromatic carbocycles. The minimum absolute atomic E-state index is 0.190. The van der Waals surface area contributed by atoms with Gasteiger partial charge in [0.2, 0.25) is 0 Å². The van der Waals surface area contributed by atoms with Gasteiger partial charge in [-0.05, 0) is 49.1 Å². The van der Waals surface area contributed by atoms with Gasteiger partial charge in [0.05, 0.1) is 0 Å². The molecule has 2 atom stereocenters. The third-order valence-electron chi connectivity index (χ3n) is 5.65. The van der Waals surface area contributed by atoms with Crippen LogP contribution in [0.2, 0.25) is 0 Å². The maximum absolute atomic E-state index is 14.5. The van der Waals surface area contributed by atoms with Crippen molar-refractivity contribution in [3.05, 3.63) is 30.3 Å². The lowest BCUT2D eigenvalue weighted by Crippen LogP contribution is -2.26. The number of hydrogen-bond donors (Lipinski definition) is 0. The molecule has 1 saturated carbocycles. The Labute approximate surface area is 148 Å². The summed E-state index contributed by atoms with van der Waals surface area (Å²) in [4.78, 5) is 0. The van der Waals surface area contributed by atoms with Crippen molar-refractivity contribution >= 4 is 0 Å². The monoisotopic (exact) mass is 334 g/mol. The first-order chi connectivity index (χ1) is 11.7. The van der Waals surface area contributed by atoms with E-state index in [9.17, 15) is 4.39 Å². The van der Waals surface area contributed by atoms with Crippen LogP contribution < -0.4 is 4.74 Å². The second kappa shape index (κ2) is 10.7. The van der Waals surface area contributed by atoms with Gasteiger partial charge in [-0.2, -0.15) is 0 Å². The number of halogens is 1. The third-order valence-corrected chi connectivity index (χ3v) is 5.65. The fourth-order valence-electron chi connectivity index (χ4n) is 4.37. The largest absolute Gasteiger partial charge is 0.491 e. The number of hydrogen-bond acceptors (Lipinski definition) is 1. The standard InChI is InChI=1S/C22H35FO/c1-3-8-18-12-14-19(15-13-18)20(9-4-2)16-21(23)17-24-22-10-6-5-7-11-22/h5-7,10-11,18-21H,3-4,8-9,12-17H2,1-2H3/t18-,19-,20?,21?. The van der Waals surface area contributed by atoms with Gasteiger partial charge in [-0.25, -0.2) is 4.39 Å². The van der Waals surface area contributed by atoms with Crippen molar-refractivity contribution in [1.29, 1.82) is 0 Å². The molecule has 0 radical (unpaired) electrons. The molecule has 0 N–H and O–H groups in total. The molecule has 0 spiro atoms. The first-order valence-corrected chi connectivity index (χ1v) is 10.0. The van der Waals surface area contributed by atoms with Crippen molar-refractivity contribution in [1.82, 2.24) is 0 Å². The Morgan fingerprint density at radius 3 is 2.38 bits per heavy atom. The molecular formula is C22H35FO. The predicted molar refractivity (Wildman–Crippen MR) is 100 cm³/mol. The summed E-state index contributed by atoms with van der Waals surface area (Å²) in [5, 5.41) is 0. The smallest absolute Gasteiger partial charge is 0.134 e. The Hall–Kier alpha value is -1.05. The summed E-state index contributed by atoms with van der Waals surface area (Å²) < 4.78 is 20.1. The predicted octanol–water partition coefficient (Wildman–Crippen LogP) is 6.82. The van der Waals surface area contributed by atoms with Crippen LogP contribution >= 0.6 is 0 Å². The van der Waals surface area contributed by atoms with E-state index in [4.69, 9.17) is 4.74 Å². The molecule has 0 aromatic heterocycles. The molecule has 1 aliphatic rings. The highest BCUT2D eigenvalue weighted by molar-refractivity contribution is 5.20. The molecule has 0 heterocycles. The van der Waals surface area contributed by atoms with Gasteiger partial charge in [-0.1, -0.05) is 70.6 Å². The molecule has 136 valence electrons. The van der Waals surface area contributed by atoms with Crippen LogP contribution in [0, 0.1) is 17.8 Å². The molecule has 0 aliphatic heterocycles. The number of benzene rings is 1. The van der Waals surface area contributed by atoms with Crippen LogP contribution in [-0.4, -0.2) is 12.8 Å². The van der Waals surface area contributed by atoms with E-state index in [1.165, 1.54) is 38.5 Å². The van der Waals surface area contributed by atoms with E-state index < -0.39 is 6.17 Å². The second-order valence-electron chi connectivity index (χ2n) is 7.58. The molecule has 1 aromatic rings. The highest BCUT2D eigenvalue weighted by Gasteiger charge is 2.28. The lowest BCUT2D eigenvalue weighted by molar-refractivity contribution is 0.120. The first-order valence-electron chi connectivity index (χ1n) is 10.0. The lowest BCUT2D eigenvalue weighted by atomic mass is 9.72. The summed E-state index contributed by atoms with van der Waals surface area (Å²) in [5.74, 6) is 2.96. The quantitative estimate of drug-likeness (QED) is 0.456. The molecule has 2 unspecified atom stereocenters. The van der Waals surface area contributed by atoms with Crippen LogP contribution in [0.3, 0.4) is 0 Å². The van der Waals surface area contributed by atoms with E-state index in [-0.39, 0.29) is 6.61 Å². The molecule has 1 nitrogen and oxygen atoms in total. The van der Waals surface area contributed by atoms with Crippen molar-refractivity contribution in [2.24, 2.45) is 17.8 Å². The van der Waals surface area contributed by atoms with Crippen molar-refractivity contribution < 1.29 is 9.13 Å². The molecule has 24 heavy (non-hydrogen) atoms. The molecule has 1 aliphatic carbocycles. The Kier molecular flexibility index (Phi) is 8.63. The van der Waals surface area contributed by atoms with Gasteiger partial charge in [-0.15, -0.1) is 0 Å². The van der Waals surface area contributed by atoms with E-state index in [2.05, 4.69) is 13.8 Å². The average molecular weight is 335 g/mol. The van der Waals surface area contributed by atoms with Gasteiger partial charge in [0.25, 0.3) is 0 Å². The van der Waals surface area contributed by atoms with Crippen molar-refractivity contribution in [3.63, 3.8) is 0 Å². The molecular weight excluding hydrogens is 299 g/mol. The average Bonchev–Trinajstić information content (AvgIpc) is 2.61. The van der Waals surface area contributed by atoms with Gasteiger partial charge in [0, 0.05) is 0 Å². The topological polar surface area (TPSA) is 9.23 Å². The van der Waals surface area contributed by atoms with E-state index in [0.717, 1.165) is 30.4 Å². The SMILES string of the molecule is CCCC(CC(F)COc1ccccc1)[C@H]1CC[C@H](CCC)CC1. The molecule has 0 amide bonds. The molecule has 1 fully saturated rings. The lowest BCUT2D eigenvalue weighted by Gasteiger charge is -2.34. The van der Waals surface area contributed by atoms with Crippen LogP contribution in [0.4, 0.5) is 4.39 Å². The second-order valence-corrected chi connectivity index (χ2v) is 7.58. The number of ether oxygens (including phenoxy) is 1. The van der Waals surface area contributed by atoms with Crippen LogP contribution in [0.25, 0.3) is 0 Å². The fraction of sp³-hybridized carbons (Fsp3) is 0.727. The Balaban J connectivity index is 1.77. The normalized spacial score (nSPS) is 23.6. The summed E-state index contributed by atoms with van der Waals surface area (Å²) >= 11 is 0. The highest BCUT2D eigenvalue weighted by Crippen LogP contribution is 2.39. The van der Waals surface area contributed by atoms with Crippen LogP contribution in [-0.2, 0) is 0 Å². The van der Waals surface area contributed by atoms with Gasteiger partial charge < -0.3 is 4.74 Å². The van der Waals surface area contributed by atoms with Crippen molar-refractivity contribution in [3.8, 4) is 5.75 Å². The van der Waals surface area contributed by atoms with Crippen molar-refractivity contribution in [2.75, 3.05) is 6.61 Å².